The number of benzene rings is 1. The van der Waals surface area contributed by atoms with Gasteiger partial charge in [-0.25, -0.2) is 0 Å². The molecule has 0 radical (unpaired) electrons. The van der Waals surface area contributed by atoms with Gasteiger partial charge in [-0.1, -0.05) is 12.1 Å². The van der Waals surface area contributed by atoms with Gasteiger partial charge in [0.1, 0.15) is 5.76 Å². The van der Waals surface area contributed by atoms with Crippen molar-refractivity contribution >= 4 is 21.4 Å². The Labute approximate surface area is 95.8 Å². The van der Waals surface area contributed by atoms with E-state index in [2.05, 4.69) is 0 Å². The van der Waals surface area contributed by atoms with Gasteiger partial charge in [0.2, 0.25) is 0 Å². The average molecular weight is 228 g/mol. The minimum Gasteiger partial charge on any atom is -0.464 e. The minimum atomic E-state index is 0.0424. The highest BCUT2D eigenvalue weighted by molar-refractivity contribution is 7.21. The van der Waals surface area contributed by atoms with Crippen molar-refractivity contribution in [2.45, 2.75) is 0 Å². The van der Waals surface area contributed by atoms with Crippen LogP contribution in [0.3, 0.4) is 0 Å². The van der Waals surface area contributed by atoms with Gasteiger partial charge < -0.3 is 4.42 Å². The molecule has 0 atom stereocenters. The van der Waals surface area contributed by atoms with Gasteiger partial charge in [-0.2, -0.15) is 0 Å². The molecule has 0 saturated heterocycles. The Kier molecular flexibility index (Phi) is 2.11. The van der Waals surface area contributed by atoms with Crippen molar-refractivity contribution in [3.05, 3.63) is 59.0 Å². The quantitative estimate of drug-likeness (QED) is 0.638. The van der Waals surface area contributed by atoms with Crippen LogP contribution in [0.25, 0.3) is 20.7 Å². The highest BCUT2D eigenvalue weighted by Crippen LogP contribution is 2.27. The summed E-state index contributed by atoms with van der Waals surface area (Å²) < 4.78 is 6.28. The van der Waals surface area contributed by atoms with Crippen molar-refractivity contribution in [2.75, 3.05) is 0 Å². The van der Waals surface area contributed by atoms with Gasteiger partial charge in [0.05, 0.1) is 11.1 Å². The zero-order chi connectivity index (χ0) is 11.0. The highest BCUT2D eigenvalue weighted by Gasteiger charge is 2.05. The molecule has 0 aliphatic carbocycles. The van der Waals surface area contributed by atoms with Crippen LogP contribution >= 0.6 is 11.3 Å². The van der Waals surface area contributed by atoms with E-state index >= 15 is 0 Å². The van der Waals surface area contributed by atoms with Crippen molar-refractivity contribution in [1.82, 2.24) is 0 Å². The number of hydrogen-bond acceptors (Lipinski definition) is 3. The number of rotatable bonds is 1. The zero-order valence-corrected chi connectivity index (χ0v) is 9.16. The van der Waals surface area contributed by atoms with E-state index in [9.17, 15) is 4.79 Å². The molecule has 16 heavy (non-hydrogen) atoms. The first-order chi connectivity index (χ1) is 7.84. The van der Waals surface area contributed by atoms with E-state index in [4.69, 9.17) is 4.42 Å². The summed E-state index contributed by atoms with van der Waals surface area (Å²) in [5.41, 5.74) is 0.0424. The van der Waals surface area contributed by atoms with E-state index in [0.717, 1.165) is 20.7 Å². The first-order valence-corrected chi connectivity index (χ1v) is 5.73. The normalized spacial score (nSPS) is 10.8. The van der Waals surface area contributed by atoms with E-state index in [1.165, 1.54) is 0 Å². The van der Waals surface area contributed by atoms with Crippen molar-refractivity contribution < 1.29 is 4.42 Å². The van der Waals surface area contributed by atoms with Crippen LogP contribution in [0, 0.1) is 0 Å². The summed E-state index contributed by atoms with van der Waals surface area (Å²) in [5.74, 6) is 0.743. The number of fused-ring (bicyclic) bond motifs is 1. The average Bonchev–Trinajstić information content (AvgIpc) is 2.82. The fourth-order valence-corrected chi connectivity index (χ4v) is 2.69. The second-order valence-electron chi connectivity index (χ2n) is 3.45. The van der Waals surface area contributed by atoms with Crippen molar-refractivity contribution in [2.24, 2.45) is 0 Å². The topological polar surface area (TPSA) is 30.2 Å². The van der Waals surface area contributed by atoms with Crippen LogP contribution in [0.1, 0.15) is 0 Å². The summed E-state index contributed by atoms with van der Waals surface area (Å²) >= 11 is 1.56. The first kappa shape index (κ1) is 9.36. The van der Waals surface area contributed by atoms with E-state index in [1.54, 1.807) is 23.7 Å². The fraction of sp³-hybridized carbons (Fsp3) is 0. The molecule has 78 valence electrons. The third-order valence-corrected chi connectivity index (χ3v) is 3.51. The van der Waals surface area contributed by atoms with Crippen LogP contribution in [0.4, 0.5) is 0 Å². The van der Waals surface area contributed by atoms with Gasteiger partial charge in [0, 0.05) is 16.2 Å². The van der Waals surface area contributed by atoms with Gasteiger partial charge >= 0.3 is 0 Å². The largest absolute Gasteiger partial charge is 0.464 e. The van der Waals surface area contributed by atoms with E-state index in [0.29, 0.717) is 0 Å². The molecule has 0 saturated carbocycles. The molecular formula is C13H8O2S. The zero-order valence-electron chi connectivity index (χ0n) is 8.34. The Balaban J connectivity index is 2.34. The Morgan fingerprint density at radius 1 is 1.06 bits per heavy atom. The first-order valence-electron chi connectivity index (χ1n) is 4.91. The summed E-state index contributed by atoms with van der Waals surface area (Å²) in [6.07, 6.45) is 1.61. The monoisotopic (exact) mass is 228 g/mol. The van der Waals surface area contributed by atoms with Crippen LogP contribution in [0.5, 0.6) is 0 Å². The predicted octanol–water partition coefficient (Wildman–Crippen LogP) is 3.52. The molecule has 0 aliphatic rings. The maximum absolute atomic E-state index is 11.9. The van der Waals surface area contributed by atoms with Crippen LogP contribution in [-0.2, 0) is 0 Å². The van der Waals surface area contributed by atoms with Gasteiger partial charge in [0.15, 0.2) is 5.43 Å². The van der Waals surface area contributed by atoms with Crippen LogP contribution < -0.4 is 5.43 Å². The smallest absolute Gasteiger partial charge is 0.188 e. The lowest BCUT2D eigenvalue weighted by Crippen LogP contribution is -1.97. The van der Waals surface area contributed by atoms with Crippen molar-refractivity contribution in [3.8, 4) is 10.6 Å². The third-order valence-electron chi connectivity index (χ3n) is 2.40. The Bertz CT molecular complexity index is 680. The second-order valence-corrected chi connectivity index (χ2v) is 4.53. The Hall–Kier alpha value is -1.87. The minimum absolute atomic E-state index is 0.0424. The van der Waals surface area contributed by atoms with Crippen LogP contribution in [0.2, 0.25) is 0 Å². The van der Waals surface area contributed by atoms with E-state index in [1.807, 2.05) is 36.4 Å². The lowest BCUT2D eigenvalue weighted by molar-refractivity contribution is 0.583. The van der Waals surface area contributed by atoms with Crippen LogP contribution in [-0.4, -0.2) is 0 Å². The summed E-state index contributed by atoms with van der Waals surface area (Å²) in [6, 6.07) is 12.9. The van der Waals surface area contributed by atoms with E-state index < -0.39 is 0 Å². The summed E-state index contributed by atoms with van der Waals surface area (Å²) in [5, 5.41) is 0.766. The molecule has 0 amide bonds. The molecule has 3 aromatic rings. The van der Waals surface area contributed by atoms with Crippen molar-refractivity contribution in [3.63, 3.8) is 0 Å². The third kappa shape index (κ3) is 1.46. The molecule has 0 aliphatic heterocycles. The molecule has 2 aromatic heterocycles. The molecule has 0 unspecified atom stereocenters. The number of hydrogen-bond donors (Lipinski definition) is 0. The molecule has 0 spiro atoms. The number of furan rings is 1. The molecule has 0 fully saturated rings. The molecular weight excluding hydrogens is 220 g/mol. The standard InChI is InChI=1S/C13H8O2S/c14-10-8-13(11-5-3-7-15-11)16-12-6-2-1-4-9(10)12/h1-8H. The SMILES string of the molecule is O=c1cc(-c2ccco2)sc2ccccc12. The molecule has 2 nitrogen and oxygen atoms in total. The maximum atomic E-state index is 11.9. The molecule has 0 bridgehead atoms. The Morgan fingerprint density at radius 2 is 1.94 bits per heavy atom. The second kappa shape index (κ2) is 3.61. The Morgan fingerprint density at radius 3 is 2.75 bits per heavy atom. The lowest BCUT2D eigenvalue weighted by atomic mass is 10.2. The lowest BCUT2D eigenvalue weighted by Gasteiger charge is -1.98. The molecule has 2 heterocycles. The van der Waals surface area contributed by atoms with Gasteiger partial charge in [-0.15, -0.1) is 11.3 Å². The van der Waals surface area contributed by atoms with Gasteiger partial charge in [0.25, 0.3) is 0 Å². The molecule has 1 aromatic carbocycles. The highest BCUT2D eigenvalue weighted by atomic mass is 32.1. The van der Waals surface area contributed by atoms with Crippen LogP contribution in [0.15, 0.2) is 57.9 Å². The molecule has 0 N–H and O–H groups in total. The summed E-state index contributed by atoms with van der Waals surface area (Å²) in [4.78, 5) is 12.7. The van der Waals surface area contributed by atoms with E-state index in [-0.39, 0.29) is 5.43 Å². The molecule has 3 heteroatoms. The van der Waals surface area contributed by atoms with Gasteiger partial charge in [-0.05, 0) is 24.3 Å². The predicted molar refractivity (Wildman–Crippen MR) is 65.8 cm³/mol. The maximum Gasteiger partial charge on any atom is 0.188 e. The van der Waals surface area contributed by atoms with Gasteiger partial charge in [-0.3, -0.25) is 4.79 Å². The summed E-state index contributed by atoms with van der Waals surface area (Å²) in [7, 11) is 0. The summed E-state index contributed by atoms with van der Waals surface area (Å²) in [6.45, 7) is 0. The van der Waals surface area contributed by atoms with Crippen molar-refractivity contribution in [1.29, 1.82) is 0 Å². The fourth-order valence-electron chi connectivity index (χ4n) is 1.64. The molecule has 3 rings (SSSR count).